The van der Waals surface area contributed by atoms with E-state index in [1.165, 1.54) is 0 Å². The van der Waals surface area contributed by atoms with E-state index >= 15 is 0 Å². The quantitative estimate of drug-likeness (QED) is 0.769. The molecule has 0 saturated carbocycles. The predicted octanol–water partition coefficient (Wildman–Crippen LogP) is 5.06. The van der Waals surface area contributed by atoms with Gasteiger partial charge in [-0.05, 0) is 54.8 Å². The summed E-state index contributed by atoms with van der Waals surface area (Å²) < 4.78 is 1.07. The molecule has 0 unspecified atom stereocenters. The number of hydrogen-bond acceptors (Lipinski definition) is 1. The summed E-state index contributed by atoms with van der Waals surface area (Å²) in [7, 11) is 0. The molecule has 0 aliphatic heterocycles. The molecule has 0 aliphatic rings. The first-order valence-electron chi connectivity index (χ1n) is 6.24. The van der Waals surface area contributed by atoms with Crippen LogP contribution in [0.2, 0.25) is 0 Å². The first-order chi connectivity index (χ1) is 9.51. The van der Waals surface area contributed by atoms with Crippen molar-refractivity contribution >= 4 is 39.1 Å². The maximum atomic E-state index is 12.2. The van der Waals surface area contributed by atoms with E-state index in [-0.39, 0.29) is 5.91 Å². The molecular formula is C16H15BrClNO. The van der Waals surface area contributed by atoms with Gasteiger partial charge in [-0.2, -0.15) is 0 Å². The largest absolute Gasteiger partial charge is 0.322 e. The molecule has 0 aromatic heterocycles. The van der Waals surface area contributed by atoms with E-state index in [0.29, 0.717) is 11.4 Å². The summed E-state index contributed by atoms with van der Waals surface area (Å²) in [5, 5.41) is 2.92. The number of benzene rings is 2. The van der Waals surface area contributed by atoms with Crippen molar-refractivity contribution in [1.82, 2.24) is 0 Å². The van der Waals surface area contributed by atoms with Gasteiger partial charge in [-0.1, -0.05) is 28.1 Å². The highest BCUT2D eigenvalue weighted by Crippen LogP contribution is 2.25. The Kier molecular flexibility index (Phi) is 4.84. The van der Waals surface area contributed by atoms with Crippen LogP contribution in [0.25, 0.3) is 0 Å². The summed E-state index contributed by atoms with van der Waals surface area (Å²) >= 11 is 9.30. The number of alkyl halides is 1. The van der Waals surface area contributed by atoms with E-state index in [1.807, 2.05) is 38.1 Å². The van der Waals surface area contributed by atoms with Crippen molar-refractivity contribution in [2.75, 3.05) is 5.32 Å². The average Bonchev–Trinajstić information content (AvgIpc) is 2.44. The molecule has 2 aromatic rings. The van der Waals surface area contributed by atoms with Crippen molar-refractivity contribution in [2.45, 2.75) is 19.7 Å². The Bertz CT molecular complexity index is 632. The van der Waals surface area contributed by atoms with Gasteiger partial charge in [0, 0.05) is 21.6 Å². The van der Waals surface area contributed by atoms with Gasteiger partial charge >= 0.3 is 0 Å². The van der Waals surface area contributed by atoms with Crippen LogP contribution in [-0.2, 0) is 5.88 Å². The van der Waals surface area contributed by atoms with E-state index in [1.54, 1.807) is 12.1 Å². The van der Waals surface area contributed by atoms with Crippen LogP contribution in [0, 0.1) is 13.8 Å². The summed E-state index contributed by atoms with van der Waals surface area (Å²) in [6.45, 7) is 4.00. The zero-order valence-corrected chi connectivity index (χ0v) is 13.7. The van der Waals surface area contributed by atoms with Gasteiger partial charge in [-0.3, -0.25) is 4.79 Å². The average molecular weight is 353 g/mol. The summed E-state index contributed by atoms with van der Waals surface area (Å²) in [5.74, 6) is 0.274. The van der Waals surface area contributed by atoms with Crippen LogP contribution in [0.5, 0.6) is 0 Å². The minimum Gasteiger partial charge on any atom is -0.322 e. The maximum Gasteiger partial charge on any atom is 0.255 e. The Balaban J connectivity index is 2.23. The Labute approximate surface area is 132 Å². The lowest BCUT2D eigenvalue weighted by Crippen LogP contribution is -2.12. The molecule has 2 nitrogen and oxygen atoms in total. The predicted molar refractivity (Wildman–Crippen MR) is 87.6 cm³/mol. The number of anilines is 1. The van der Waals surface area contributed by atoms with E-state index in [4.69, 9.17) is 11.6 Å². The van der Waals surface area contributed by atoms with Gasteiger partial charge in [0.05, 0.1) is 0 Å². The summed E-state index contributed by atoms with van der Waals surface area (Å²) in [6, 6.07) is 11.2. The molecule has 20 heavy (non-hydrogen) atoms. The van der Waals surface area contributed by atoms with Crippen molar-refractivity contribution in [1.29, 1.82) is 0 Å². The van der Waals surface area contributed by atoms with Crippen molar-refractivity contribution < 1.29 is 4.79 Å². The monoisotopic (exact) mass is 351 g/mol. The molecular weight excluding hydrogens is 338 g/mol. The van der Waals surface area contributed by atoms with Gasteiger partial charge < -0.3 is 5.32 Å². The fraction of sp³-hybridized carbons (Fsp3) is 0.188. The zero-order valence-electron chi connectivity index (χ0n) is 11.3. The zero-order chi connectivity index (χ0) is 14.7. The second-order valence-electron chi connectivity index (χ2n) is 4.71. The molecule has 0 aliphatic carbocycles. The number of rotatable bonds is 3. The molecule has 0 radical (unpaired) electrons. The molecule has 2 rings (SSSR count). The number of carbonyl (C=O) groups is 1. The Morgan fingerprint density at radius 3 is 2.45 bits per heavy atom. The first-order valence-corrected chi connectivity index (χ1v) is 7.57. The van der Waals surface area contributed by atoms with Crippen LogP contribution in [-0.4, -0.2) is 5.91 Å². The van der Waals surface area contributed by atoms with Gasteiger partial charge in [-0.15, -0.1) is 11.6 Å². The van der Waals surface area contributed by atoms with Crippen LogP contribution >= 0.6 is 27.5 Å². The lowest BCUT2D eigenvalue weighted by Gasteiger charge is -2.10. The van der Waals surface area contributed by atoms with Crippen LogP contribution in [0.3, 0.4) is 0 Å². The molecule has 1 amide bonds. The SMILES string of the molecule is Cc1cc(NC(=O)c2cccc(CCl)c2)cc(C)c1Br. The van der Waals surface area contributed by atoms with Gasteiger partial charge in [0.25, 0.3) is 5.91 Å². The van der Waals surface area contributed by atoms with Gasteiger partial charge in [0.1, 0.15) is 0 Å². The fourth-order valence-corrected chi connectivity index (χ4v) is 2.41. The molecule has 1 N–H and O–H groups in total. The molecule has 2 aromatic carbocycles. The van der Waals surface area contributed by atoms with Gasteiger partial charge in [0.2, 0.25) is 0 Å². The molecule has 0 atom stereocenters. The second kappa shape index (κ2) is 6.42. The second-order valence-corrected chi connectivity index (χ2v) is 5.77. The van der Waals surface area contributed by atoms with Crippen LogP contribution in [0.1, 0.15) is 27.0 Å². The topological polar surface area (TPSA) is 29.1 Å². The van der Waals surface area contributed by atoms with Gasteiger partial charge in [-0.25, -0.2) is 0 Å². The van der Waals surface area contributed by atoms with Crippen molar-refractivity contribution in [3.05, 3.63) is 63.1 Å². The van der Waals surface area contributed by atoms with E-state index in [0.717, 1.165) is 26.9 Å². The number of carbonyl (C=O) groups excluding carboxylic acids is 1. The summed E-state index contributed by atoms with van der Waals surface area (Å²) in [6.07, 6.45) is 0. The van der Waals surface area contributed by atoms with Crippen LogP contribution in [0.15, 0.2) is 40.9 Å². The lowest BCUT2D eigenvalue weighted by molar-refractivity contribution is 0.102. The summed E-state index contributed by atoms with van der Waals surface area (Å²) in [5.41, 5.74) is 4.53. The third kappa shape index (κ3) is 3.41. The van der Waals surface area contributed by atoms with E-state index in [9.17, 15) is 4.79 Å². The number of nitrogens with one attached hydrogen (secondary N) is 1. The van der Waals surface area contributed by atoms with E-state index in [2.05, 4.69) is 21.2 Å². The third-order valence-corrected chi connectivity index (χ3v) is 4.60. The van der Waals surface area contributed by atoms with Crippen LogP contribution < -0.4 is 5.32 Å². The van der Waals surface area contributed by atoms with Crippen molar-refractivity contribution in [3.8, 4) is 0 Å². The van der Waals surface area contributed by atoms with Crippen LogP contribution in [0.4, 0.5) is 5.69 Å². The molecule has 0 fully saturated rings. The molecule has 104 valence electrons. The van der Waals surface area contributed by atoms with Gasteiger partial charge in [0.15, 0.2) is 0 Å². The minimum absolute atomic E-state index is 0.127. The minimum atomic E-state index is -0.127. The molecule has 0 bridgehead atoms. The number of hydrogen-bond donors (Lipinski definition) is 1. The number of aryl methyl sites for hydroxylation is 2. The normalized spacial score (nSPS) is 10.4. The third-order valence-electron chi connectivity index (χ3n) is 3.04. The summed E-state index contributed by atoms with van der Waals surface area (Å²) in [4.78, 5) is 12.2. The van der Waals surface area contributed by atoms with Crippen molar-refractivity contribution in [2.24, 2.45) is 0 Å². The highest BCUT2D eigenvalue weighted by molar-refractivity contribution is 9.10. The number of amides is 1. The Morgan fingerprint density at radius 1 is 1.20 bits per heavy atom. The maximum absolute atomic E-state index is 12.2. The highest BCUT2D eigenvalue weighted by Gasteiger charge is 2.08. The Hall–Kier alpha value is -1.32. The first kappa shape index (κ1) is 15.1. The van der Waals surface area contributed by atoms with Crippen molar-refractivity contribution in [3.63, 3.8) is 0 Å². The smallest absolute Gasteiger partial charge is 0.255 e. The molecule has 4 heteroatoms. The lowest BCUT2D eigenvalue weighted by atomic mass is 10.1. The molecule has 0 spiro atoms. The molecule has 0 saturated heterocycles. The highest BCUT2D eigenvalue weighted by atomic mass is 79.9. The Morgan fingerprint density at radius 2 is 1.85 bits per heavy atom. The standard InChI is InChI=1S/C16H15BrClNO/c1-10-6-14(7-11(2)15(10)17)19-16(20)13-5-3-4-12(8-13)9-18/h3-8H,9H2,1-2H3,(H,19,20). The number of halogens is 2. The van der Waals surface area contributed by atoms with E-state index < -0.39 is 0 Å². The fourth-order valence-electron chi connectivity index (χ4n) is 2.02. The molecule has 0 heterocycles.